The molecule has 2 heterocycles. The Bertz CT molecular complexity index is 627. The van der Waals surface area contributed by atoms with E-state index in [1.54, 1.807) is 0 Å². The van der Waals surface area contributed by atoms with Crippen LogP contribution in [-0.2, 0) is 39.2 Å². The van der Waals surface area contributed by atoms with Crippen molar-refractivity contribution in [3.05, 3.63) is 30.1 Å². The van der Waals surface area contributed by atoms with Gasteiger partial charge in [0.05, 0.1) is 5.69 Å². The van der Waals surface area contributed by atoms with Crippen molar-refractivity contribution in [3.8, 4) is 0 Å². The van der Waals surface area contributed by atoms with Crippen LogP contribution < -0.4 is 0 Å². The van der Waals surface area contributed by atoms with Gasteiger partial charge in [-0.3, -0.25) is 9.88 Å². The van der Waals surface area contributed by atoms with Crippen molar-refractivity contribution >= 4 is 10.1 Å². The summed E-state index contributed by atoms with van der Waals surface area (Å²) in [7, 11) is -1.68. The molecule has 9 nitrogen and oxygen atoms in total. The Labute approximate surface area is 179 Å². The van der Waals surface area contributed by atoms with Gasteiger partial charge in [0.25, 0.3) is 0 Å². The zero-order valence-electron chi connectivity index (χ0n) is 16.0. The van der Waals surface area contributed by atoms with Crippen LogP contribution in [0.1, 0.15) is 5.69 Å². The van der Waals surface area contributed by atoms with Crippen LogP contribution in [0.3, 0.4) is 0 Å². The van der Waals surface area contributed by atoms with Gasteiger partial charge in [-0.05, 0) is 26.2 Å². The summed E-state index contributed by atoms with van der Waals surface area (Å²) in [6, 6.07) is 6.15. The Hall–Kier alpha value is -0.831. The summed E-state index contributed by atoms with van der Waals surface area (Å²) in [4.78, 5) is 11.7. The zero-order chi connectivity index (χ0) is 19.8. The molecular weight excluding hydrogens is 465 g/mol. The van der Waals surface area contributed by atoms with Crippen molar-refractivity contribution in [1.29, 1.82) is 0 Å². The van der Waals surface area contributed by atoms with Gasteiger partial charge in [0.2, 0.25) is 0 Å². The summed E-state index contributed by atoms with van der Waals surface area (Å²) < 4.78 is 58.9. The number of nitrogens with zero attached hydrogens (tertiary/aromatic N) is 4. The van der Waals surface area contributed by atoms with Crippen LogP contribution in [0.25, 0.3) is 0 Å². The number of hydrogen-bond acceptors (Lipinski definition) is 8. The molecule has 2 rings (SSSR count). The number of hydrogen-bond donors (Lipinski definition) is 0. The first-order valence-corrected chi connectivity index (χ1v) is 9.41. The van der Waals surface area contributed by atoms with E-state index in [4.69, 9.17) is 13.0 Å². The molecular formula is C15H25F3FeN4O5S+. The number of rotatable bonds is 2. The topological polar surface area (TPSA) is 138 Å². The molecule has 1 aliphatic heterocycles. The molecule has 14 heteroatoms. The molecule has 0 spiro atoms. The van der Waals surface area contributed by atoms with Crippen molar-refractivity contribution in [2.24, 2.45) is 0 Å². The van der Waals surface area contributed by atoms with Crippen LogP contribution in [0.15, 0.2) is 24.4 Å². The average Bonchev–Trinajstić information content (AvgIpc) is 2.61. The second kappa shape index (κ2) is 15.0. The minimum absolute atomic E-state index is 0. The van der Waals surface area contributed by atoms with E-state index in [0.717, 1.165) is 45.8 Å². The molecule has 0 saturated carbocycles. The van der Waals surface area contributed by atoms with E-state index in [0.29, 0.717) is 0 Å². The first-order chi connectivity index (χ1) is 12.0. The Morgan fingerprint density at radius 2 is 1.45 bits per heavy atom. The smallest absolute Gasteiger partial charge is 2.00 e. The summed E-state index contributed by atoms with van der Waals surface area (Å²) in [5.41, 5.74) is -4.48. The third-order valence-electron chi connectivity index (χ3n) is 3.85. The molecule has 1 aliphatic rings. The minimum Gasteiger partial charge on any atom is -2.00 e. The average molecular weight is 490 g/mol. The largest absolute Gasteiger partial charge is 5.00 e. The van der Waals surface area contributed by atoms with Crippen molar-refractivity contribution in [2.75, 3.05) is 53.4 Å². The van der Waals surface area contributed by atoms with Gasteiger partial charge in [0.15, 0.2) is 10.1 Å². The van der Waals surface area contributed by atoms with Crippen LogP contribution >= 0.6 is 0 Å². The number of aromatic nitrogens is 1. The van der Waals surface area contributed by atoms with Gasteiger partial charge in [-0.2, -0.15) is 13.2 Å². The summed E-state index contributed by atoms with van der Waals surface area (Å²) in [5.74, 6) is 0. The van der Waals surface area contributed by atoms with Crippen molar-refractivity contribution < 1.29 is 54.2 Å². The van der Waals surface area contributed by atoms with Gasteiger partial charge in [0.1, 0.15) is 0 Å². The van der Waals surface area contributed by atoms with Crippen LogP contribution in [0, 0.1) is 0 Å². The molecule has 0 aliphatic carbocycles. The van der Waals surface area contributed by atoms with Gasteiger partial charge in [0, 0.05) is 52.0 Å². The molecule has 1 N–H and O–H groups in total. The van der Waals surface area contributed by atoms with E-state index in [1.807, 2.05) is 12.3 Å². The second-order valence-electron chi connectivity index (χ2n) is 6.10. The van der Waals surface area contributed by atoms with E-state index < -0.39 is 15.6 Å². The van der Waals surface area contributed by atoms with Crippen LogP contribution in [0.4, 0.5) is 13.2 Å². The molecule has 1 fully saturated rings. The van der Waals surface area contributed by atoms with E-state index in [2.05, 4.69) is 45.9 Å². The number of alkyl halides is 3. The van der Waals surface area contributed by atoms with Gasteiger partial charge < -0.3 is 25.3 Å². The molecule has 1 saturated heterocycles. The molecule has 29 heavy (non-hydrogen) atoms. The zero-order valence-corrected chi connectivity index (χ0v) is 17.9. The second-order valence-corrected chi connectivity index (χ2v) is 7.47. The van der Waals surface area contributed by atoms with Gasteiger partial charge in [-0.1, -0.05) is 6.07 Å². The molecule has 0 aromatic carbocycles. The van der Waals surface area contributed by atoms with E-state index in [1.165, 1.54) is 5.69 Å². The molecule has 0 atom stereocenters. The maximum Gasteiger partial charge on any atom is 5.00 e. The van der Waals surface area contributed by atoms with Gasteiger partial charge in [-0.15, -0.1) is 0 Å². The van der Waals surface area contributed by atoms with Crippen LogP contribution in [-0.4, -0.2) is 97.0 Å². The molecule has 1 aromatic rings. The van der Waals surface area contributed by atoms with Crippen molar-refractivity contribution in [1.82, 2.24) is 19.7 Å². The SMILES string of the molecule is CN1CCN(C)CCN(Cc2ccccn2)CC1.O=S(=O)([O-])C(F)(F)F.[18O-2].[18OH-].[Fe+5]. The summed E-state index contributed by atoms with van der Waals surface area (Å²) >= 11 is 0. The molecule has 0 amide bonds. The van der Waals surface area contributed by atoms with Crippen molar-refractivity contribution in [2.45, 2.75) is 12.1 Å². The predicted molar refractivity (Wildman–Crippen MR) is 92.9 cm³/mol. The normalized spacial score (nSPS) is 17.0. The van der Waals surface area contributed by atoms with Crippen LogP contribution in [0.2, 0.25) is 0 Å². The Balaban J connectivity index is -0.000000536. The monoisotopic (exact) mass is 490 g/mol. The van der Waals surface area contributed by atoms with Crippen molar-refractivity contribution in [3.63, 3.8) is 0 Å². The van der Waals surface area contributed by atoms with E-state index in [-0.39, 0.29) is 28.0 Å². The van der Waals surface area contributed by atoms with Crippen LogP contribution in [0.5, 0.6) is 0 Å². The summed E-state index contributed by atoms with van der Waals surface area (Å²) in [6.45, 7) is 7.81. The quantitative estimate of drug-likeness (QED) is 0.253. The predicted octanol–water partition coefficient (Wildman–Crippen LogP) is 0.514. The fourth-order valence-electron chi connectivity index (χ4n) is 2.18. The van der Waals surface area contributed by atoms with E-state index >= 15 is 0 Å². The first kappa shape index (κ1) is 32.8. The fourth-order valence-corrected chi connectivity index (χ4v) is 2.18. The van der Waals surface area contributed by atoms with Gasteiger partial charge in [-0.25, -0.2) is 8.42 Å². The Kier molecular flexibility index (Phi) is 17.0. The minimum atomic E-state index is -6.09. The van der Waals surface area contributed by atoms with E-state index in [9.17, 15) is 13.2 Å². The molecule has 169 valence electrons. The number of pyridine rings is 1. The molecule has 0 unspecified atom stereocenters. The molecule has 0 bridgehead atoms. The number of halogens is 3. The Morgan fingerprint density at radius 1 is 1.03 bits per heavy atom. The Morgan fingerprint density at radius 3 is 1.79 bits per heavy atom. The molecule has 1 radical (unpaired) electrons. The maximum absolute atomic E-state index is 10.7. The van der Waals surface area contributed by atoms with Gasteiger partial charge >= 0.3 is 22.6 Å². The summed E-state index contributed by atoms with van der Waals surface area (Å²) in [5, 5.41) is 0. The maximum atomic E-state index is 10.7. The fraction of sp³-hybridized carbons (Fsp3) is 0.667. The molecule has 1 aromatic heterocycles. The summed E-state index contributed by atoms with van der Waals surface area (Å²) in [6.07, 6.45) is 1.88. The number of likely N-dealkylation sites (N-methyl/N-ethyl adjacent to an activating group) is 2. The standard InChI is InChI=1S/C14H24N4.CHF3O3S.Fe.H2O.O/c1-16-7-8-17(2)10-12-18(11-9-16)13-14-5-3-4-6-15-14;2-1(3,4)8(5,6)7;;;/h3-6H,7-13H2,1-2H3;(H,5,6,7);;1H2;/q;;+5;;-2/p-2/i;;;2*1+2. The third kappa shape index (κ3) is 13.9. The third-order valence-corrected chi connectivity index (χ3v) is 4.42. The first-order valence-electron chi connectivity index (χ1n) is 8.00.